The normalized spacial score (nSPS) is 12.0. The number of ether oxygens (including phenoxy) is 2. The number of hydrogen-bond donors (Lipinski definition) is 1. The first kappa shape index (κ1) is 21.5. The zero-order valence-electron chi connectivity index (χ0n) is 14.0. The Morgan fingerprint density at radius 2 is 1.74 bits per heavy atom. The van der Waals surface area contributed by atoms with E-state index >= 15 is 0 Å². The molecule has 0 fully saturated rings. The van der Waals surface area contributed by atoms with Crippen LogP contribution in [0.2, 0.25) is 0 Å². The molecule has 0 heterocycles. The molecule has 6 nitrogen and oxygen atoms in total. The Hall–Kier alpha value is -1.77. The van der Waals surface area contributed by atoms with Gasteiger partial charge in [0.1, 0.15) is 0 Å². The molecule has 0 amide bonds. The van der Waals surface area contributed by atoms with Gasteiger partial charge in [-0.3, -0.25) is 0 Å². The van der Waals surface area contributed by atoms with Crippen molar-refractivity contribution in [2.45, 2.75) is 19.3 Å². The maximum atomic E-state index is 13.7. The van der Waals surface area contributed by atoms with E-state index in [9.17, 15) is 18.1 Å². The summed E-state index contributed by atoms with van der Waals surface area (Å²) in [6.07, 6.45) is -3.90. The lowest BCUT2D eigenvalue weighted by Crippen LogP contribution is -2.15. The summed E-state index contributed by atoms with van der Waals surface area (Å²) in [5.74, 6) is -0.432. The Balaban J connectivity index is 1.96. The van der Waals surface area contributed by atoms with E-state index in [1.807, 2.05) is 0 Å². The lowest BCUT2D eigenvalue weighted by Gasteiger charge is -2.12. The number of carbonyl (C=O) groups is 1. The van der Waals surface area contributed by atoms with Crippen molar-refractivity contribution in [3.05, 3.63) is 69.2 Å². The van der Waals surface area contributed by atoms with Crippen LogP contribution >= 0.6 is 24.2 Å². The Labute approximate surface area is 163 Å². The van der Waals surface area contributed by atoms with Crippen molar-refractivity contribution >= 4 is 30.2 Å². The standard InChI is InChI=1S/C17H14BrF2O6P/c1-24-16(21)13-5-2-11(3-6-13)9-25-10-12-4-7-14(15(18)8-12)17(19,20)26-27(22)23/h2-8H,9-10H2,1H3/p+1. The minimum Gasteiger partial charge on any atom is -0.465 e. The number of esters is 1. The number of rotatable bonds is 8. The van der Waals surface area contributed by atoms with Gasteiger partial charge < -0.3 is 9.47 Å². The molecule has 1 N–H and O–H groups in total. The van der Waals surface area contributed by atoms with Crippen LogP contribution < -0.4 is 0 Å². The highest BCUT2D eigenvalue weighted by Gasteiger charge is 2.44. The van der Waals surface area contributed by atoms with Gasteiger partial charge in [-0.1, -0.05) is 34.1 Å². The molecule has 0 radical (unpaired) electrons. The van der Waals surface area contributed by atoms with Gasteiger partial charge in [0.05, 0.1) is 31.5 Å². The topological polar surface area (TPSA) is 82.1 Å². The van der Waals surface area contributed by atoms with E-state index < -0.39 is 25.9 Å². The van der Waals surface area contributed by atoms with Gasteiger partial charge in [-0.25, -0.2) is 4.79 Å². The number of methoxy groups -OCH3 is 1. The van der Waals surface area contributed by atoms with Crippen molar-refractivity contribution in [1.82, 2.24) is 0 Å². The first-order valence-corrected chi connectivity index (χ1v) is 9.42. The summed E-state index contributed by atoms with van der Waals surface area (Å²) >= 11 is 3.00. The predicted octanol–water partition coefficient (Wildman–Crippen LogP) is 4.67. The van der Waals surface area contributed by atoms with E-state index in [1.54, 1.807) is 24.3 Å². The van der Waals surface area contributed by atoms with Crippen LogP contribution in [0.1, 0.15) is 27.0 Å². The second-order valence-electron chi connectivity index (χ2n) is 5.34. The molecule has 0 spiro atoms. The average Bonchev–Trinajstić information content (AvgIpc) is 2.60. The summed E-state index contributed by atoms with van der Waals surface area (Å²) < 4.78 is 51.9. The Kier molecular flexibility index (Phi) is 7.52. The highest BCUT2D eigenvalue weighted by atomic mass is 79.9. The van der Waals surface area contributed by atoms with Crippen LogP contribution in [0.15, 0.2) is 46.9 Å². The van der Waals surface area contributed by atoms with Crippen LogP contribution in [-0.2, 0) is 37.9 Å². The smallest absolute Gasteiger partial charge is 0.465 e. The van der Waals surface area contributed by atoms with Crippen LogP contribution in [0.5, 0.6) is 0 Å². The molecule has 1 unspecified atom stereocenters. The molecule has 0 bridgehead atoms. The van der Waals surface area contributed by atoms with Crippen molar-refractivity contribution in [1.29, 1.82) is 0 Å². The van der Waals surface area contributed by atoms with Crippen molar-refractivity contribution in [3.63, 3.8) is 0 Å². The molecule has 2 aromatic rings. The number of benzene rings is 2. The number of alkyl halides is 2. The minimum atomic E-state index is -3.90. The summed E-state index contributed by atoms with van der Waals surface area (Å²) in [7, 11) is -2.15. The molecule has 0 aromatic heterocycles. The third-order valence-electron chi connectivity index (χ3n) is 3.45. The highest BCUT2D eigenvalue weighted by Crippen LogP contribution is 2.40. The Bertz CT molecular complexity index is 829. The predicted molar refractivity (Wildman–Crippen MR) is 95.2 cm³/mol. The van der Waals surface area contributed by atoms with Crippen LogP contribution in [-0.4, -0.2) is 18.0 Å². The van der Waals surface area contributed by atoms with Crippen molar-refractivity contribution in [2.75, 3.05) is 7.11 Å². The fraction of sp³-hybridized carbons (Fsp3) is 0.235. The molecule has 0 aliphatic carbocycles. The van der Waals surface area contributed by atoms with Crippen LogP contribution in [0, 0.1) is 0 Å². The largest absolute Gasteiger partial charge is 0.701 e. The second kappa shape index (κ2) is 9.43. The fourth-order valence-electron chi connectivity index (χ4n) is 2.17. The third-order valence-corrected chi connectivity index (χ3v) is 4.49. The molecule has 2 rings (SSSR count). The van der Waals surface area contributed by atoms with E-state index in [4.69, 9.17) is 9.63 Å². The average molecular weight is 464 g/mol. The summed E-state index contributed by atoms with van der Waals surface area (Å²) in [6.45, 7) is 0.406. The summed E-state index contributed by atoms with van der Waals surface area (Å²) in [4.78, 5) is 19.9. The number of halogens is 3. The minimum absolute atomic E-state index is 0.0212. The molecule has 0 saturated heterocycles. The number of hydrogen-bond acceptors (Lipinski definition) is 5. The maximum absolute atomic E-state index is 13.7. The molecule has 0 aliphatic heterocycles. The first-order valence-electron chi connectivity index (χ1n) is 7.50. The SMILES string of the molecule is COC(=O)c1ccc(COCc2ccc(C(F)(F)O[P+](=O)O)c(Br)c2)cc1. The summed E-state index contributed by atoms with van der Waals surface area (Å²) in [5.41, 5.74) is 1.29. The van der Waals surface area contributed by atoms with Crippen LogP contribution in [0.25, 0.3) is 0 Å². The molecular weight excluding hydrogens is 449 g/mol. The Morgan fingerprint density at radius 1 is 1.15 bits per heavy atom. The van der Waals surface area contributed by atoms with Crippen LogP contribution in [0.4, 0.5) is 8.78 Å². The molecular formula is C17H15BrF2O6P+. The first-order chi connectivity index (χ1) is 12.7. The Morgan fingerprint density at radius 3 is 2.30 bits per heavy atom. The monoisotopic (exact) mass is 463 g/mol. The van der Waals surface area contributed by atoms with Crippen molar-refractivity contribution in [3.8, 4) is 0 Å². The molecule has 27 heavy (non-hydrogen) atoms. The highest BCUT2D eigenvalue weighted by molar-refractivity contribution is 9.10. The molecule has 0 saturated carbocycles. The van der Waals surface area contributed by atoms with Gasteiger partial charge in [0, 0.05) is 9.04 Å². The molecule has 144 valence electrons. The van der Waals surface area contributed by atoms with Gasteiger partial charge >= 0.3 is 20.3 Å². The fourth-order valence-corrected chi connectivity index (χ4v) is 3.12. The van der Waals surface area contributed by atoms with E-state index in [-0.39, 0.29) is 17.7 Å². The van der Waals surface area contributed by atoms with Crippen LogP contribution in [0.3, 0.4) is 0 Å². The lowest BCUT2D eigenvalue weighted by atomic mass is 10.1. The number of carbonyl (C=O) groups excluding carboxylic acids is 1. The van der Waals surface area contributed by atoms with E-state index in [0.717, 1.165) is 11.6 Å². The zero-order chi connectivity index (χ0) is 20.0. The van der Waals surface area contributed by atoms with Gasteiger partial charge in [-0.15, -0.1) is 4.89 Å². The third kappa shape index (κ3) is 6.12. The maximum Gasteiger partial charge on any atom is 0.701 e. The zero-order valence-corrected chi connectivity index (χ0v) is 16.5. The van der Waals surface area contributed by atoms with Gasteiger partial charge in [0.25, 0.3) is 0 Å². The van der Waals surface area contributed by atoms with Gasteiger partial charge in [0.2, 0.25) is 0 Å². The van der Waals surface area contributed by atoms with Gasteiger partial charge in [-0.05, 0) is 39.9 Å². The van der Waals surface area contributed by atoms with Crippen molar-refractivity contribution in [2.24, 2.45) is 0 Å². The van der Waals surface area contributed by atoms with E-state index in [2.05, 4.69) is 25.2 Å². The van der Waals surface area contributed by atoms with E-state index in [0.29, 0.717) is 11.1 Å². The molecule has 2 aromatic carbocycles. The summed E-state index contributed by atoms with van der Waals surface area (Å²) in [5, 5.41) is 0. The summed E-state index contributed by atoms with van der Waals surface area (Å²) in [6, 6.07) is 10.6. The molecule has 1 atom stereocenters. The van der Waals surface area contributed by atoms with Gasteiger partial charge in [-0.2, -0.15) is 8.78 Å². The quantitative estimate of drug-likeness (QED) is 0.452. The molecule has 0 aliphatic rings. The molecule has 10 heteroatoms. The lowest BCUT2D eigenvalue weighted by molar-refractivity contribution is -0.186. The van der Waals surface area contributed by atoms with E-state index in [1.165, 1.54) is 19.2 Å². The van der Waals surface area contributed by atoms with Gasteiger partial charge in [0.15, 0.2) is 0 Å². The second-order valence-corrected chi connectivity index (χ2v) is 6.85. The van der Waals surface area contributed by atoms with Crippen molar-refractivity contribution < 1.29 is 37.0 Å².